The number of aromatic nitrogens is 2. The van der Waals surface area contributed by atoms with E-state index in [1.807, 2.05) is 46.5 Å². The van der Waals surface area contributed by atoms with Crippen molar-refractivity contribution >= 4 is 40.4 Å². The minimum Gasteiger partial charge on any atom is -0.368 e. The summed E-state index contributed by atoms with van der Waals surface area (Å²) in [5.41, 5.74) is 1.06. The largest absolute Gasteiger partial charge is 0.368 e. The lowest BCUT2D eigenvalue weighted by Crippen LogP contribution is -2.48. The van der Waals surface area contributed by atoms with Gasteiger partial charge in [0, 0.05) is 37.1 Å². The Kier molecular flexibility index (Phi) is 5.95. The molecule has 6 nitrogen and oxygen atoms in total. The van der Waals surface area contributed by atoms with Crippen LogP contribution in [-0.4, -0.2) is 53.3 Å². The molecule has 1 aliphatic heterocycles. The van der Waals surface area contributed by atoms with Crippen molar-refractivity contribution in [2.75, 3.05) is 42.9 Å². The number of nitrogens with zero attached hydrogens (tertiary/aromatic N) is 4. The predicted molar refractivity (Wildman–Crippen MR) is 114 cm³/mol. The fourth-order valence-corrected chi connectivity index (χ4v) is 4.30. The molecule has 0 unspecified atom stereocenters. The van der Waals surface area contributed by atoms with Crippen LogP contribution in [0.5, 0.6) is 0 Å². The van der Waals surface area contributed by atoms with Crippen molar-refractivity contribution in [3.63, 3.8) is 0 Å². The van der Waals surface area contributed by atoms with Crippen LogP contribution in [0.15, 0.2) is 54.0 Å². The van der Waals surface area contributed by atoms with Crippen molar-refractivity contribution in [1.82, 2.24) is 14.7 Å². The SMILES string of the molecule is O=C(CN1CCN(c2ccccc2Cl)CC1)Nc1ccnn1Cc1cccs1. The third kappa shape index (κ3) is 4.55. The predicted octanol–water partition coefficient (Wildman–Crippen LogP) is 3.41. The zero-order valence-corrected chi connectivity index (χ0v) is 17.0. The number of hydrogen-bond acceptors (Lipinski definition) is 5. The number of amides is 1. The summed E-state index contributed by atoms with van der Waals surface area (Å²) in [6, 6.07) is 13.8. The third-order valence-corrected chi connectivity index (χ3v) is 5.98. The van der Waals surface area contributed by atoms with Crippen molar-refractivity contribution in [3.05, 3.63) is 63.9 Å². The van der Waals surface area contributed by atoms with Crippen LogP contribution in [0.4, 0.5) is 11.5 Å². The van der Waals surface area contributed by atoms with Crippen LogP contribution in [0.3, 0.4) is 0 Å². The van der Waals surface area contributed by atoms with Crippen LogP contribution < -0.4 is 10.2 Å². The van der Waals surface area contributed by atoms with Gasteiger partial charge in [0.1, 0.15) is 5.82 Å². The van der Waals surface area contributed by atoms with Gasteiger partial charge >= 0.3 is 0 Å². The first-order valence-electron chi connectivity index (χ1n) is 9.25. The van der Waals surface area contributed by atoms with Crippen LogP contribution in [0.1, 0.15) is 4.88 Å². The number of benzene rings is 1. The lowest BCUT2D eigenvalue weighted by molar-refractivity contribution is -0.117. The number of piperazine rings is 1. The maximum absolute atomic E-state index is 12.5. The van der Waals surface area contributed by atoms with Gasteiger partial charge in [-0.15, -0.1) is 11.3 Å². The molecule has 28 heavy (non-hydrogen) atoms. The second-order valence-electron chi connectivity index (χ2n) is 6.72. The van der Waals surface area contributed by atoms with Crippen molar-refractivity contribution in [2.24, 2.45) is 0 Å². The summed E-state index contributed by atoms with van der Waals surface area (Å²) < 4.78 is 1.82. The van der Waals surface area contributed by atoms with Gasteiger partial charge in [0.25, 0.3) is 0 Å². The van der Waals surface area contributed by atoms with E-state index < -0.39 is 0 Å². The van der Waals surface area contributed by atoms with Gasteiger partial charge in [-0.25, -0.2) is 4.68 Å². The molecule has 0 atom stereocenters. The van der Waals surface area contributed by atoms with Crippen LogP contribution in [0, 0.1) is 0 Å². The number of hydrogen-bond donors (Lipinski definition) is 1. The summed E-state index contributed by atoms with van der Waals surface area (Å²) in [5.74, 6) is 0.715. The van der Waals surface area contributed by atoms with E-state index in [1.165, 1.54) is 4.88 Å². The van der Waals surface area contributed by atoms with E-state index in [0.29, 0.717) is 13.1 Å². The first-order valence-corrected chi connectivity index (χ1v) is 10.5. The maximum atomic E-state index is 12.5. The Morgan fingerprint density at radius 2 is 1.93 bits per heavy atom. The summed E-state index contributed by atoms with van der Waals surface area (Å²) >= 11 is 7.98. The minimum atomic E-state index is -0.0147. The standard InChI is InChI=1S/C20H22ClN5OS/c21-17-5-1-2-6-18(17)25-11-9-24(10-12-25)15-20(27)23-19-7-8-22-26(19)14-16-4-3-13-28-16/h1-8,13H,9-12,14-15H2,(H,23,27). The molecular weight excluding hydrogens is 394 g/mol. The first kappa shape index (κ1) is 19.0. The molecule has 3 aromatic rings. The van der Waals surface area contributed by atoms with Gasteiger partial charge in [0.2, 0.25) is 5.91 Å². The quantitative estimate of drug-likeness (QED) is 0.670. The Bertz CT molecular complexity index is 918. The zero-order valence-electron chi connectivity index (χ0n) is 15.4. The van der Waals surface area contributed by atoms with Crippen molar-refractivity contribution < 1.29 is 4.79 Å². The van der Waals surface area contributed by atoms with Crippen molar-refractivity contribution in [1.29, 1.82) is 0 Å². The lowest BCUT2D eigenvalue weighted by Gasteiger charge is -2.36. The van der Waals surface area contributed by atoms with Crippen LogP contribution in [0.2, 0.25) is 5.02 Å². The van der Waals surface area contributed by atoms with E-state index in [1.54, 1.807) is 17.5 Å². The molecule has 0 aliphatic carbocycles. The Labute approximate surface area is 173 Å². The summed E-state index contributed by atoms with van der Waals surface area (Å²) in [6.45, 7) is 4.40. The molecule has 0 radical (unpaired) electrons. The molecule has 146 valence electrons. The number of halogens is 1. The van der Waals surface area contributed by atoms with Gasteiger partial charge in [-0.3, -0.25) is 9.69 Å². The van der Waals surface area contributed by atoms with Crippen LogP contribution >= 0.6 is 22.9 Å². The molecule has 2 aromatic heterocycles. The maximum Gasteiger partial charge on any atom is 0.239 e. The van der Waals surface area contributed by atoms with Crippen molar-refractivity contribution in [2.45, 2.75) is 6.54 Å². The number of para-hydroxylation sites is 1. The highest BCUT2D eigenvalue weighted by Crippen LogP contribution is 2.26. The molecule has 1 amide bonds. The normalized spacial score (nSPS) is 15.0. The molecule has 3 heterocycles. The molecule has 4 rings (SSSR count). The Hall–Kier alpha value is -2.35. The molecule has 1 saturated heterocycles. The molecular formula is C20H22ClN5OS. The van der Waals surface area contributed by atoms with E-state index in [2.05, 4.69) is 26.3 Å². The van der Waals surface area contributed by atoms with Gasteiger partial charge in [-0.05, 0) is 23.6 Å². The first-order chi connectivity index (χ1) is 13.7. The third-order valence-electron chi connectivity index (χ3n) is 4.80. The van der Waals surface area contributed by atoms with Crippen LogP contribution in [-0.2, 0) is 11.3 Å². The monoisotopic (exact) mass is 415 g/mol. The molecule has 0 spiro atoms. The Morgan fingerprint density at radius 3 is 2.68 bits per heavy atom. The summed E-state index contributed by atoms with van der Waals surface area (Å²) in [4.78, 5) is 18.2. The molecule has 1 aliphatic rings. The molecule has 1 aromatic carbocycles. The van der Waals surface area contributed by atoms with E-state index in [0.717, 1.165) is 42.7 Å². The summed E-state index contributed by atoms with van der Waals surface area (Å²) in [7, 11) is 0. The Morgan fingerprint density at radius 1 is 1.11 bits per heavy atom. The summed E-state index contributed by atoms with van der Waals surface area (Å²) in [6.07, 6.45) is 1.71. The number of carbonyl (C=O) groups excluding carboxylic acids is 1. The highest BCUT2D eigenvalue weighted by Gasteiger charge is 2.21. The molecule has 0 bridgehead atoms. The highest BCUT2D eigenvalue weighted by molar-refractivity contribution is 7.09. The second-order valence-corrected chi connectivity index (χ2v) is 8.16. The molecule has 1 fully saturated rings. The van der Waals surface area contributed by atoms with Gasteiger partial charge in [0.05, 0.1) is 30.0 Å². The molecule has 1 N–H and O–H groups in total. The van der Waals surface area contributed by atoms with E-state index >= 15 is 0 Å². The second kappa shape index (κ2) is 8.77. The highest BCUT2D eigenvalue weighted by atomic mass is 35.5. The fourth-order valence-electron chi connectivity index (χ4n) is 3.36. The smallest absolute Gasteiger partial charge is 0.239 e. The van der Waals surface area contributed by atoms with Gasteiger partial charge in [-0.2, -0.15) is 5.10 Å². The fraction of sp³-hybridized carbons (Fsp3) is 0.300. The zero-order chi connectivity index (χ0) is 19.3. The lowest BCUT2D eigenvalue weighted by atomic mass is 10.2. The topological polar surface area (TPSA) is 53.4 Å². The summed E-state index contributed by atoms with van der Waals surface area (Å²) in [5, 5.41) is 10.1. The van der Waals surface area contributed by atoms with E-state index in [9.17, 15) is 4.79 Å². The number of rotatable bonds is 6. The van der Waals surface area contributed by atoms with Gasteiger partial charge in [0.15, 0.2) is 0 Å². The number of thiophene rings is 1. The average molecular weight is 416 g/mol. The van der Waals surface area contributed by atoms with Crippen LogP contribution in [0.25, 0.3) is 0 Å². The van der Waals surface area contributed by atoms with E-state index in [4.69, 9.17) is 11.6 Å². The minimum absolute atomic E-state index is 0.0147. The Balaban J connectivity index is 1.29. The van der Waals surface area contributed by atoms with Gasteiger partial charge in [-0.1, -0.05) is 29.8 Å². The average Bonchev–Trinajstić information content (AvgIpc) is 3.36. The van der Waals surface area contributed by atoms with E-state index in [-0.39, 0.29) is 5.91 Å². The number of carbonyl (C=O) groups is 1. The molecule has 8 heteroatoms. The van der Waals surface area contributed by atoms with Gasteiger partial charge < -0.3 is 10.2 Å². The number of nitrogens with one attached hydrogen (secondary N) is 1. The number of anilines is 2. The molecule has 0 saturated carbocycles. The van der Waals surface area contributed by atoms with Crippen molar-refractivity contribution in [3.8, 4) is 0 Å².